The van der Waals surface area contributed by atoms with Gasteiger partial charge in [0, 0.05) is 45.2 Å². The van der Waals surface area contributed by atoms with Crippen molar-refractivity contribution in [3.63, 3.8) is 0 Å². The van der Waals surface area contributed by atoms with E-state index in [0.717, 1.165) is 17.6 Å². The molecular formula is C19H28N4O5S. The van der Waals surface area contributed by atoms with Crippen molar-refractivity contribution in [3.8, 4) is 5.75 Å². The number of hydrogen-bond acceptors (Lipinski definition) is 6. The summed E-state index contributed by atoms with van der Waals surface area (Å²) < 4.78 is 31.0. The highest BCUT2D eigenvalue weighted by Gasteiger charge is 2.45. The number of carbonyl (C=O) groups is 2. The molecule has 160 valence electrons. The lowest BCUT2D eigenvalue weighted by Gasteiger charge is -2.42. The van der Waals surface area contributed by atoms with Crippen LogP contribution < -0.4 is 14.8 Å². The molecule has 1 aromatic rings. The summed E-state index contributed by atoms with van der Waals surface area (Å²) in [7, 11) is -1.73. The first-order chi connectivity index (χ1) is 13.7. The van der Waals surface area contributed by atoms with E-state index >= 15 is 0 Å². The van der Waals surface area contributed by atoms with Crippen LogP contribution in [0.15, 0.2) is 24.3 Å². The molecule has 3 rings (SSSR count). The molecule has 9 nitrogen and oxygen atoms in total. The topological polar surface area (TPSA) is 108 Å². The molecule has 2 aliphatic heterocycles. The summed E-state index contributed by atoms with van der Waals surface area (Å²) in [6.07, 6.45) is 1.70. The number of methoxy groups -OCH3 is 1. The second-order valence-electron chi connectivity index (χ2n) is 7.70. The van der Waals surface area contributed by atoms with Crippen LogP contribution in [-0.4, -0.2) is 81.2 Å². The van der Waals surface area contributed by atoms with E-state index in [1.54, 1.807) is 12.0 Å². The van der Waals surface area contributed by atoms with Gasteiger partial charge in [0.15, 0.2) is 0 Å². The van der Waals surface area contributed by atoms with Gasteiger partial charge < -0.3 is 15.0 Å². The third-order valence-electron chi connectivity index (χ3n) is 5.34. The monoisotopic (exact) mass is 424 g/mol. The summed E-state index contributed by atoms with van der Waals surface area (Å²) in [4.78, 5) is 28.4. The number of sulfonamides is 1. The zero-order valence-electron chi connectivity index (χ0n) is 16.9. The fraction of sp³-hybridized carbons (Fsp3) is 0.579. The van der Waals surface area contributed by atoms with Gasteiger partial charge in [-0.2, -0.15) is 0 Å². The van der Waals surface area contributed by atoms with Crippen LogP contribution in [0.4, 0.5) is 0 Å². The second-order valence-corrected chi connectivity index (χ2v) is 9.48. The number of nitrogens with one attached hydrogen (secondary N) is 2. The number of benzene rings is 1. The van der Waals surface area contributed by atoms with Gasteiger partial charge in [-0.25, -0.2) is 13.1 Å². The molecule has 2 saturated heterocycles. The molecule has 0 aliphatic carbocycles. The standard InChI is InChI=1S/C19H28N4O5S/c1-13(24)20-9-18-19(25)23-11-15(21-29(3,26)27)8-16(23)12-22(18)10-14-4-6-17(28-2)7-5-14/h4-7,15-16,18,21H,8-12H2,1-3H3,(H,20,24)/t15-,16-,18-/m0/s1. The Morgan fingerprint density at radius 1 is 1.24 bits per heavy atom. The molecule has 2 amide bonds. The highest BCUT2D eigenvalue weighted by Crippen LogP contribution is 2.28. The van der Waals surface area contributed by atoms with Crippen molar-refractivity contribution in [3.05, 3.63) is 29.8 Å². The average Bonchev–Trinajstić information content (AvgIpc) is 3.02. The number of rotatable bonds is 7. The quantitative estimate of drug-likeness (QED) is 0.613. The first-order valence-electron chi connectivity index (χ1n) is 9.55. The van der Waals surface area contributed by atoms with Gasteiger partial charge in [0.25, 0.3) is 0 Å². The highest BCUT2D eigenvalue weighted by atomic mass is 32.2. The smallest absolute Gasteiger partial charge is 0.242 e. The van der Waals surface area contributed by atoms with E-state index in [4.69, 9.17) is 4.74 Å². The lowest BCUT2D eigenvalue weighted by atomic mass is 10.0. The number of hydrogen-bond donors (Lipinski definition) is 2. The Morgan fingerprint density at radius 2 is 1.93 bits per heavy atom. The largest absolute Gasteiger partial charge is 0.497 e. The van der Waals surface area contributed by atoms with Crippen LogP contribution in [0.1, 0.15) is 18.9 Å². The molecule has 2 aliphatic rings. The lowest BCUT2D eigenvalue weighted by Crippen LogP contribution is -2.62. The average molecular weight is 425 g/mol. The van der Waals surface area contributed by atoms with Gasteiger partial charge in [0.2, 0.25) is 21.8 Å². The van der Waals surface area contributed by atoms with Gasteiger partial charge in [-0.05, 0) is 24.1 Å². The Labute approximate surface area is 171 Å². The number of fused-ring (bicyclic) bond motifs is 1. The number of amides is 2. The van der Waals surface area contributed by atoms with Crippen LogP contribution in [0.3, 0.4) is 0 Å². The zero-order chi connectivity index (χ0) is 21.2. The zero-order valence-corrected chi connectivity index (χ0v) is 17.7. The molecule has 0 saturated carbocycles. The summed E-state index contributed by atoms with van der Waals surface area (Å²) in [5.74, 6) is 0.485. The van der Waals surface area contributed by atoms with Crippen molar-refractivity contribution in [1.82, 2.24) is 19.8 Å². The minimum atomic E-state index is -3.34. The van der Waals surface area contributed by atoms with E-state index in [0.29, 0.717) is 26.1 Å². The Bertz CT molecular complexity index is 858. The number of ether oxygens (including phenoxy) is 1. The first kappa shape index (κ1) is 21.5. The third kappa shape index (κ3) is 5.46. The van der Waals surface area contributed by atoms with Crippen molar-refractivity contribution in [2.45, 2.75) is 38.0 Å². The molecule has 0 radical (unpaired) electrons. The van der Waals surface area contributed by atoms with Crippen molar-refractivity contribution in [2.24, 2.45) is 0 Å². The minimum Gasteiger partial charge on any atom is -0.497 e. The summed E-state index contributed by atoms with van der Waals surface area (Å²) >= 11 is 0. The predicted octanol–water partition coefficient (Wildman–Crippen LogP) is -0.466. The Balaban J connectivity index is 1.77. The van der Waals surface area contributed by atoms with Gasteiger partial charge in [-0.1, -0.05) is 12.1 Å². The predicted molar refractivity (Wildman–Crippen MR) is 108 cm³/mol. The van der Waals surface area contributed by atoms with Gasteiger partial charge in [-0.3, -0.25) is 14.5 Å². The molecule has 3 atom stereocenters. The van der Waals surface area contributed by atoms with Crippen LogP contribution in [-0.2, 0) is 26.2 Å². The molecule has 2 heterocycles. The fourth-order valence-electron chi connectivity index (χ4n) is 4.09. The SMILES string of the molecule is COc1ccc(CN2C[C@@H]3C[C@H](NS(C)(=O)=O)CN3C(=O)[C@@H]2CNC(C)=O)cc1. The van der Waals surface area contributed by atoms with Gasteiger partial charge in [0.1, 0.15) is 11.8 Å². The molecule has 1 aromatic carbocycles. The van der Waals surface area contributed by atoms with Crippen LogP contribution in [0, 0.1) is 0 Å². The van der Waals surface area contributed by atoms with Crippen LogP contribution in [0.25, 0.3) is 0 Å². The molecule has 2 fully saturated rings. The first-order valence-corrected chi connectivity index (χ1v) is 11.4. The fourth-order valence-corrected chi connectivity index (χ4v) is 4.87. The highest BCUT2D eigenvalue weighted by molar-refractivity contribution is 7.88. The summed E-state index contributed by atoms with van der Waals surface area (Å²) in [5.41, 5.74) is 1.03. The van der Waals surface area contributed by atoms with Crippen LogP contribution in [0.5, 0.6) is 5.75 Å². The molecule has 0 spiro atoms. The Morgan fingerprint density at radius 3 is 2.52 bits per heavy atom. The van der Waals surface area contributed by atoms with Gasteiger partial charge >= 0.3 is 0 Å². The maximum Gasteiger partial charge on any atom is 0.242 e. The Hall–Kier alpha value is -2.17. The van der Waals surface area contributed by atoms with E-state index in [1.807, 2.05) is 24.3 Å². The molecule has 29 heavy (non-hydrogen) atoms. The molecular weight excluding hydrogens is 396 g/mol. The maximum atomic E-state index is 13.2. The molecule has 2 N–H and O–H groups in total. The molecule has 0 aromatic heterocycles. The second kappa shape index (κ2) is 8.68. The van der Waals surface area contributed by atoms with E-state index in [2.05, 4.69) is 14.9 Å². The van der Waals surface area contributed by atoms with Gasteiger partial charge in [-0.15, -0.1) is 0 Å². The van der Waals surface area contributed by atoms with E-state index in [-0.39, 0.29) is 30.4 Å². The van der Waals surface area contributed by atoms with Crippen molar-refractivity contribution in [1.29, 1.82) is 0 Å². The van der Waals surface area contributed by atoms with Crippen LogP contribution >= 0.6 is 0 Å². The number of piperazine rings is 1. The summed E-state index contributed by atoms with van der Waals surface area (Å²) in [6.45, 7) is 3.16. The molecule has 0 unspecified atom stereocenters. The van der Waals surface area contributed by atoms with E-state index in [1.165, 1.54) is 6.92 Å². The van der Waals surface area contributed by atoms with Crippen molar-refractivity contribution < 1.29 is 22.7 Å². The molecule has 0 bridgehead atoms. The number of carbonyl (C=O) groups excluding carboxylic acids is 2. The van der Waals surface area contributed by atoms with E-state index < -0.39 is 16.1 Å². The number of nitrogens with zero attached hydrogens (tertiary/aromatic N) is 2. The molecule has 10 heteroatoms. The van der Waals surface area contributed by atoms with Crippen molar-refractivity contribution in [2.75, 3.05) is 33.0 Å². The van der Waals surface area contributed by atoms with Crippen molar-refractivity contribution >= 4 is 21.8 Å². The summed E-state index contributed by atoms with van der Waals surface area (Å²) in [5, 5.41) is 2.75. The third-order valence-corrected chi connectivity index (χ3v) is 6.10. The lowest BCUT2D eigenvalue weighted by molar-refractivity contribution is -0.144. The van der Waals surface area contributed by atoms with Gasteiger partial charge in [0.05, 0.1) is 13.4 Å². The van der Waals surface area contributed by atoms with Crippen LogP contribution in [0.2, 0.25) is 0 Å². The normalized spacial score (nSPS) is 25.0. The van der Waals surface area contributed by atoms with E-state index in [9.17, 15) is 18.0 Å². The minimum absolute atomic E-state index is 0.0615. The Kier molecular flexibility index (Phi) is 6.45. The summed E-state index contributed by atoms with van der Waals surface area (Å²) in [6, 6.07) is 6.81. The maximum absolute atomic E-state index is 13.2.